The van der Waals surface area contributed by atoms with Gasteiger partial charge in [0, 0.05) is 0 Å². The summed E-state index contributed by atoms with van der Waals surface area (Å²) in [6.07, 6.45) is 0.645. The topological polar surface area (TPSA) is 68.1 Å². The van der Waals surface area contributed by atoms with Gasteiger partial charge in [-0.05, 0) is 40.8 Å². The Morgan fingerprint density at radius 3 is 2.35 bits per heavy atom. The summed E-state index contributed by atoms with van der Waals surface area (Å²) in [7, 11) is 0. The summed E-state index contributed by atoms with van der Waals surface area (Å²) in [6, 6.07) is 23.4. The molecule has 0 spiro atoms. The van der Waals surface area contributed by atoms with Crippen LogP contribution in [0.25, 0.3) is 11.1 Å². The minimum absolute atomic E-state index is 0.0861. The van der Waals surface area contributed by atoms with Crippen LogP contribution in [0.1, 0.15) is 24.5 Å². The number of hydrogen-bond acceptors (Lipinski definition) is 4. The summed E-state index contributed by atoms with van der Waals surface area (Å²) in [5.74, 6) is -0.477. The first-order chi connectivity index (χ1) is 15.1. The monoisotopic (exact) mass is 437 g/mol. The lowest BCUT2D eigenvalue weighted by molar-refractivity contribution is -0.136. The van der Waals surface area contributed by atoms with E-state index in [0.717, 1.165) is 23.3 Å². The maximum absolute atomic E-state index is 10.9. The van der Waals surface area contributed by atoms with Crippen LogP contribution in [-0.4, -0.2) is 30.0 Å². The quantitative estimate of drug-likeness (QED) is 0.245. The average molecular weight is 438 g/mol. The number of carboxylic acid groups (broad SMARTS) is 1. The largest absolute Gasteiger partial charge is 0.488 e. The smallest absolute Gasteiger partial charge is 0.307 e. The Hall–Kier alpha value is -3.31. The van der Waals surface area contributed by atoms with Crippen LogP contribution in [0, 0.1) is 0 Å². The minimum atomic E-state index is -0.908. The predicted octanol–water partition coefficient (Wildman–Crippen LogP) is 5.84. The highest BCUT2D eigenvalue weighted by molar-refractivity contribution is 6.32. The molecule has 3 rings (SSSR count). The fraction of sp³-hybridized carbons (Fsp3) is 0.200. The minimum Gasteiger partial charge on any atom is -0.488 e. The third-order valence-electron chi connectivity index (χ3n) is 4.62. The number of carbonyl (C=O) groups is 1. The number of ether oxygens (including phenoxy) is 1. The number of halogens is 1. The number of carboxylic acids is 1. The number of rotatable bonds is 10. The molecule has 0 saturated heterocycles. The van der Waals surface area contributed by atoms with Gasteiger partial charge in [-0.15, -0.1) is 0 Å². The van der Waals surface area contributed by atoms with Crippen LogP contribution in [0.4, 0.5) is 0 Å². The van der Waals surface area contributed by atoms with E-state index in [1.807, 2.05) is 37.3 Å². The molecule has 0 unspecified atom stereocenters. The Bertz CT molecular complexity index is 1030. The van der Waals surface area contributed by atoms with E-state index in [9.17, 15) is 4.79 Å². The lowest BCUT2D eigenvalue weighted by Crippen LogP contribution is -2.07. The fourth-order valence-corrected chi connectivity index (χ4v) is 3.23. The van der Waals surface area contributed by atoms with Gasteiger partial charge < -0.3 is 14.7 Å². The third-order valence-corrected chi connectivity index (χ3v) is 4.93. The first-order valence-electron chi connectivity index (χ1n) is 10.0. The number of aliphatic carboxylic acids is 1. The van der Waals surface area contributed by atoms with Gasteiger partial charge in [0.2, 0.25) is 0 Å². The van der Waals surface area contributed by atoms with Crippen molar-refractivity contribution in [2.75, 3.05) is 13.2 Å². The fourth-order valence-electron chi connectivity index (χ4n) is 3.06. The second-order valence-corrected chi connectivity index (χ2v) is 7.26. The van der Waals surface area contributed by atoms with Crippen LogP contribution >= 0.6 is 11.6 Å². The normalized spacial score (nSPS) is 11.2. The van der Waals surface area contributed by atoms with Crippen molar-refractivity contribution < 1.29 is 19.5 Å². The Morgan fingerprint density at radius 1 is 0.968 bits per heavy atom. The molecule has 0 amide bonds. The van der Waals surface area contributed by atoms with Crippen molar-refractivity contribution in [2.24, 2.45) is 5.16 Å². The van der Waals surface area contributed by atoms with Crippen LogP contribution in [0.2, 0.25) is 5.02 Å². The molecule has 3 aromatic carbocycles. The van der Waals surface area contributed by atoms with E-state index in [0.29, 0.717) is 16.3 Å². The molecule has 0 saturated carbocycles. The molecule has 6 heteroatoms. The van der Waals surface area contributed by atoms with Crippen molar-refractivity contribution in [1.82, 2.24) is 0 Å². The van der Waals surface area contributed by atoms with Gasteiger partial charge in [0.15, 0.2) is 6.61 Å². The molecule has 0 fully saturated rings. The van der Waals surface area contributed by atoms with E-state index in [2.05, 4.69) is 29.4 Å². The molecule has 31 heavy (non-hydrogen) atoms. The zero-order chi connectivity index (χ0) is 22.1. The van der Waals surface area contributed by atoms with Crippen molar-refractivity contribution in [3.63, 3.8) is 0 Å². The van der Waals surface area contributed by atoms with Gasteiger partial charge in [0.05, 0.1) is 17.2 Å². The number of oxime groups is 1. The summed E-state index contributed by atoms with van der Waals surface area (Å²) < 4.78 is 5.63. The van der Waals surface area contributed by atoms with Crippen molar-refractivity contribution >= 4 is 23.3 Å². The zero-order valence-corrected chi connectivity index (χ0v) is 18.0. The average Bonchev–Trinajstić information content (AvgIpc) is 2.78. The molecule has 5 nitrogen and oxygen atoms in total. The maximum Gasteiger partial charge on any atom is 0.307 e. The second-order valence-electron chi connectivity index (χ2n) is 6.85. The Morgan fingerprint density at radius 2 is 1.68 bits per heavy atom. The predicted molar refractivity (Wildman–Crippen MR) is 123 cm³/mol. The summed E-state index contributed by atoms with van der Waals surface area (Å²) in [6.45, 7) is 2.51. The summed E-state index contributed by atoms with van der Waals surface area (Å²) in [4.78, 5) is 16.3. The van der Waals surface area contributed by atoms with E-state index < -0.39 is 5.97 Å². The van der Waals surface area contributed by atoms with Crippen LogP contribution in [0.15, 0.2) is 78.0 Å². The summed E-state index contributed by atoms with van der Waals surface area (Å²) in [5, 5.41) is 13.6. The van der Waals surface area contributed by atoms with Gasteiger partial charge in [-0.1, -0.05) is 84.3 Å². The molecular weight excluding hydrogens is 414 g/mol. The molecule has 0 aliphatic rings. The van der Waals surface area contributed by atoms with Gasteiger partial charge in [-0.2, -0.15) is 0 Å². The lowest BCUT2D eigenvalue weighted by atomic mass is 10.0. The molecule has 0 aliphatic carbocycles. The van der Waals surface area contributed by atoms with Crippen LogP contribution in [0.3, 0.4) is 0 Å². The molecular formula is C25H24ClNO4. The van der Waals surface area contributed by atoms with Crippen molar-refractivity contribution in [3.05, 3.63) is 88.9 Å². The number of hydrogen-bond donors (Lipinski definition) is 1. The summed E-state index contributed by atoms with van der Waals surface area (Å²) >= 11 is 6.11. The Balaban J connectivity index is 1.54. The molecule has 0 heterocycles. The zero-order valence-electron chi connectivity index (χ0n) is 17.3. The van der Waals surface area contributed by atoms with E-state index in [-0.39, 0.29) is 19.6 Å². The van der Waals surface area contributed by atoms with Gasteiger partial charge in [-0.25, -0.2) is 0 Å². The number of benzene rings is 3. The second kappa shape index (κ2) is 11.2. The van der Waals surface area contributed by atoms with Crippen molar-refractivity contribution in [1.29, 1.82) is 0 Å². The van der Waals surface area contributed by atoms with Crippen molar-refractivity contribution in [3.8, 4) is 16.9 Å². The van der Waals surface area contributed by atoms with Crippen LogP contribution < -0.4 is 4.74 Å². The van der Waals surface area contributed by atoms with E-state index in [1.54, 1.807) is 18.2 Å². The van der Waals surface area contributed by atoms with E-state index >= 15 is 0 Å². The molecule has 0 radical (unpaired) electrons. The van der Waals surface area contributed by atoms with Crippen LogP contribution in [0.5, 0.6) is 5.75 Å². The highest BCUT2D eigenvalue weighted by Gasteiger charge is 2.07. The lowest BCUT2D eigenvalue weighted by Gasteiger charge is -2.10. The molecule has 1 N–H and O–H groups in total. The third kappa shape index (κ3) is 6.59. The van der Waals surface area contributed by atoms with Crippen molar-refractivity contribution in [2.45, 2.75) is 19.8 Å². The van der Waals surface area contributed by atoms with E-state index in [1.165, 1.54) is 5.56 Å². The summed E-state index contributed by atoms with van der Waals surface area (Å²) in [5.41, 5.74) is 4.80. The molecule has 0 bridgehead atoms. The molecule has 3 aromatic rings. The Kier molecular flexibility index (Phi) is 8.07. The molecule has 0 aromatic heterocycles. The van der Waals surface area contributed by atoms with E-state index in [4.69, 9.17) is 26.3 Å². The standard InChI is InChI=1S/C25H24ClNO4/c1-2-23(21-11-9-20(10-12-21)19-6-4-3-5-7-19)27-31-15-14-30-24-16-18(17-25(28)29)8-13-22(24)26/h3-13,16H,2,14-15,17H2,1H3,(H,28,29)/b27-23+. The highest BCUT2D eigenvalue weighted by atomic mass is 35.5. The maximum atomic E-state index is 10.9. The highest BCUT2D eigenvalue weighted by Crippen LogP contribution is 2.26. The van der Waals surface area contributed by atoms with Gasteiger partial charge in [0.25, 0.3) is 0 Å². The number of nitrogens with zero attached hydrogens (tertiary/aromatic N) is 1. The first kappa shape index (κ1) is 22.4. The molecule has 0 aliphatic heterocycles. The first-order valence-corrected chi connectivity index (χ1v) is 10.4. The molecule has 0 atom stereocenters. The van der Waals surface area contributed by atoms with Crippen LogP contribution in [-0.2, 0) is 16.1 Å². The Labute approximate surface area is 186 Å². The van der Waals surface area contributed by atoms with Gasteiger partial charge in [0.1, 0.15) is 12.4 Å². The SMILES string of the molecule is CC/C(=N\OCCOc1cc(CC(=O)O)ccc1Cl)c1ccc(-c2ccccc2)cc1. The van der Waals surface area contributed by atoms with Gasteiger partial charge >= 0.3 is 5.97 Å². The molecule has 160 valence electrons. The van der Waals surface area contributed by atoms with Gasteiger partial charge in [-0.3, -0.25) is 4.79 Å².